The van der Waals surface area contributed by atoms with Gasteiger partial charge in [-0.15, -0.1) is 0 Å². The van der Waals surface area contributed by atoms with Crippen molar-refractivity contribution < 1.29 is 9.53 Å². The highest BCUT2D eigenvalue weighted by Crippen LogP contribution is 2.18. The third-order valence-corrected chi connectivity index (χ3v) is 4.51. The van der Waals surface area contributed by atoms with Crippen molar-refractivity contribution in [3.05, 3.63) is 83.0 Å². The molecule has 3 aromatic rings. The Bertz CT molecular complexity index is 1050. The van der Waals surface area contributed by atoms with Crippen LogP contribution in [0, 0.1) is 11.3 Å². The molecule has 7 heteroatoms. The van der Waals surface area contributed by atoms with Gasteiger partial charge in [0.25, 0.3) is 5.91 Å². The number of aromatic nitrogens is 1. The van der Waals surface area contributed by atoms with E-state index in [0.29, 0.717) is 40.8 Å². The maximum Gasteiger partial charge on any atom is 0.257 e. The molecule has 1 aromatic heterocycles. The molecule has 0 fully saturated rings. The van der Waals surface area contributed by atoms with E-state index in [0.717, 1.165) is 5.56 Å². The number of hydrogen-bond acceptors (Lipinski definition) is 5. The fourth-order valence-electron chi connectivity index (χ4n) is 2.69. The van der Waals surface area contributed by atoms with Crippen LogP contribution < -0.4 is 15.4 Å². The fourth-order valence-corrected chi connectivity index (χ4v) is 2.88. The summed E-state index contributed by atoms with van der Waals surface area (Å²) in [6.45, 7) is 2.44. The van der Waals surface area contributed by atoms with E-state index >= 15 is 0 Å². The van der Waals surface area contributed by atoms with Crippen LogP contribution >= 0.6 is 11.6 Å². The van der Waals surface area contributed by atoms with Crippen LogP contribution in [-0.4, -0.2) is 17.0 Å². The van der Waals surface area contributed by atoms with Crippen molar-refractivity contribution in [2.45, 2.75) is 26.0 Å². The molecule has 0 saturated carbocycles. The second-order valence-corrected chi connectivity index (χ2v) is 6.98. The van der Waals surface area contributed by atoms with E-state index < -0.39 is 6.10 Å². The summed E-state index contributed by atoms with van der Waals surface area (Å²) in [6.07, 6.45) is 1.68. The standard InChI is InChI=1S/C23H21ClN4O2/c1-2-20(13-25)30-21-8-3-5-16(11-21)14-26-22-10-9-17(15-27-22)23(29)28-19-7-4-6-18(24)12-19/h3-12,15,20H,2,14H2,1H3,(H,26,27)(H,28,29). The number of pyridine rings is 1. The van der Waals surface area contributed by atoms with Gasteiger partial charge in [0, 0.05) is 23.5 Å². The molecule has 2 N–H and O–H groups in total. The van der Waals surface area contributed by atoms with Crippen LogP contribution in [0.1, 0.15) is 29.3 Å². The van der Waals surface area contributed by atoms with Crippen molar-refractivity contribution in [2.24, 2.45) is 0 Å². The Hall–Kier alpha value is -3.56. The van der Waals surface area contributed by atoms with Crippen LogP contribution in [0.4, 0.5) is 11.5 Å². The molecule has 0 aliphatic carbocycles. The Balaban J connectivity index is 1.57. The molecule has 152 valence electrons. The van der Waals surface area contributed by atoms with Gasteiger partial charge < -0.3 is 15.4 Å². The first-order valence-corrected chi connectivity index (χ1v) is 9.87. The molecule has 1 unspecified atom stereocenters. The summed E-state index contributed by atoms with van der Waals surface area (Å²) in [5, 5.41) is 15.6. The molecule has 30 heavy (non-hydrogen) atoms. The SMILES string of the molecule is CCC(C#N)Oc1cccc(CNc2ccc(C(=O)Nc3cccc(Cl)c3)cn2)c1. The summed E-state index contributed by atoms with van der Waals surface area (Å²) in [4.78, 5) is 16.6. The number of carbonyl (C=O) groups excluding carboxylic acids is 1. The van der Waals surface area contributed by atoms with Gasteiger partial charge in [0.15, 0.2) is 6.10 Å². The maximum absolute atomic E-state index is 12.3. The molecule has 1 amide bonds. The number of nitrogens with one attached hydrogen (secondary N) is 2. The molecule has 1 atom stereocenters. The van der Waals surface area contributed by atoms with E-state index in [1.54, 1.807) is 36.4 Å². The van der Waals surface area contributed by atoms with Crippen molar-refractivity contribution in [3.63, 3.8) is 0 Å². The second kappa shape index (κ2) is 10.3. The van der Waals surface area contributed by atoms with Gasteiger partial charge >= 0.3 is 0 Å². The van der Waals surface area contributed by atoms with Crippen LogP contribution in [0.2, 0.25) is 5.02 Å². The number of nitriles is 1. The van der Waals surface area contributed by atoms with Gasteiger partial charge in [-0.1, -0.05) is 36.7 Å². The Morgan fingerprint density at radius 1 is 1.20 bits per heavy atom. The minimum atomic E-state index is -0.458. The summed E-state index contributed by atoms with van der Waals surface area (Å²) in [6, 6.07) is 20.1. The Labute approximate surface area is 180 Å². The second-order valence-electron chi connectivity index (χ2n) is 6.54. The zero-order valence-electron chi connectivity index (χ0n) is 16.4. The molecule has 2 aromatic carbocycles. The Morgan fingerprint density at radius 2 is 2.03 bits per heavy atom. The van der Waals surface area contributed by atoms with E-state index in [2.05, 4.69) is 21.7 Å². The molecule has 0 aliphatic rings. The summed E-state index contributed by atoms with van der Waals surface area (Å²) in [5.74, 6) is 1.04. The fraction of sp³-hybridized carbons (Fsp3) is 0.174. The summed E-state index contributed by atoms with van der Waals surface area (Å²) in [7, 11) is 0. The van der Waals surface area contributed by atoms with Gasteiger partial charge in [-0.25, -0.2) is 4.98 Å². The minimum absolute atomic E-state index is 0.260. The number of amides is 1. The molecular formula is C23H21ClN4O2. The number of benzene rings is 2. The minimum Gasteiger partial charge on any atom is -0.476 e. The lowest BCUT2D eigenvalue weighted by Crippen LogP contribution is -2.13. The van der Waals surface area contributed by atoms with Gasteiger partial charge in [0.05, 0.1) is 5.56 Å². The number of ether oxygens (including phenoxy) is 1. The molecule has 6 nitrogen and oxygen atoms in total. The van der Waals surface area contributed by atoms with Gasteiger partial charge in [0.1, 0.15) is 17.6 Å². The molecule has 0 saturated heterocycles. The van der Waals surface area contributed by atoms with E-state index in [1.165, 1.54) is 6.20 Å². The van der Waals surface area contributed by atoms with Crippen LogP contribution in [0.25, 0.3) is 0 Å². The van der Waals surface area contributed by atoms with Gasteiger partial charge in [0.2, 0.25) is 0 Å². The number of rotatable bonds is 8. The van der Waals surface area contributed by atoms with E-state index in [4.69, 9.17) is 21.6 Å². The topological polar surface area (TPSA) is 87.0 Å². The van der Waals surface area contributed by atoms with Crippen LogP contribution in [0.3, 0.4) is 0 Å². The number of halogens is 1. The lowest BCUT2D eigenvalue weighted by atomic mass is 10.2. The first-order chi connectivity index (χ1) is 14.6. The van der Waals surface area contributed by atoms with Crippen LogP contribution in [0.15, 0.2) is 66.9 Å². The van der Waals surface area contributed by atoms with E-state index in [1.807, 2.05) is 31.2 Å². The highest BCUT2D eigenvalue weighted by Gasteiger charge is 2.08. The summed E-state index contributed by atoms with van der Waals surface area (Å²) in [5.41, 5.74) is 2.06. The van der Waals surface area contributed by atoms with E-state index in [-0.39, 0.29) is 5.91 Å². The predicted molar refractivity (Wildman–Crippen MR) is 118 cm³/mol. The number of hydrogen-bond donors (Lipinski definition) is 2. The molecule has 1 heterocycles. The predicted octanol–water partition coefficient (Wildman–Crippen LogP) is 5.28. The number of nitrogens with zero attached hydrogens (tertiary/aromatic N) is 2. The van der Waals surface area contributed by atoms with Crippen LogP contribution in [0.5, 0.6) is 5.75 Å². The average Bonchev–Trinajstić information content (AvgIpc) is 2.76. The number of anilines is 2. The normalized spacial score (nSPS) is 11.2. The van der Waals surface area contributed by atoms with Crippen molar-refractivity contribution in [3.8, 4) is 11.8 Å². The van der Waals surface area contributed by atoms with Crippen molar-refractivity contribution in [2.75, 3.05) is 10.6 Å². The zero-order valence-corrected chi connectivity index (χ0v) is 17.2. The molecule has 0 radical (unpaired) electrons. The smallest absolute Gasteiger partial charge is 0.257 e. The van der Waals surface area contributed by atoms with Crippen LogP contribution in [-0.2, 0) is 6.54 Å². The van der Waals surface area contributed by atoms with Gasteiger partial charge in [-0.05, 0) is 54.4 Å². The third kappa shape index (κ3) is 5.97. The van der Waals surface area contributed by atoms with Gasteiger partial charge in [-0.3, -0.25) is 4.79 Å². The summed E-state index contributed by atoms with van der Waals surface area (Å²) < 4.78 is 5.65. The highest BCUT2D eigenvalue weighted by atomic mass is 35.5. The monoisotopic (exact) mass is 420 g/mol. The third-order valence-electron chi connectivity index (χ3n) is 4.27. The quantitative estimate of drug-likeness (QED) is 0.517. The lowest BCUT2D eigenvalue weighted by molar-refractivity contribution is 0.102. The van der Waals surface area contributed by atoms with Crippen molar-refractivity contribution >= 4 is 29.0 Å². The van der Waals surface area contributed by atoms with Gasteiger partial charge in [-0.2, -0.15) is 5.26 Å². The lowest BCUT2D eigenvalue weighted by Gasteiger charge is -2.12. The molecule has 0 spiro atoms. The largest absolute Gasteiger partial charge is 0.476 e. The number of carbonyl (C=O) groups is 1. The highest BCUT2D eigenvalue weighted by molar-refractivity contribution is 6.30. The molecule has 3 rings (SSSR count). The Kier molecular flexibility index (Phi) is 7.25. The molecule has 0 aliphatic heterocycles. The average molecular weight is 421 g/mol. The molecular weight excluding hydrogens is 400 g/mol. The molecule has 0 bridgehead atoms. The first-order valence-electron chi connectivity index (χ1n) is 9.49. The Morgan fingerprint density at radius 3 is 2.73 bits per heavy atom. The first kappa shape index (κ1) is 21.2. The maximum atomic E-state index is 12.3. The van der Waals surface area contributed by atoms with E-state index in [9.17, 15) is 4.79 Å². The van der Waals surface area contributed by atoms with Crippen molar-refractivity contribution in [1.29, 1.82) is 5.26 Å². The zero-order chi connectivity index (χ0) is 21.3. The van der Waals surface area contributed by atoms with Crippen molar-refractivity contribution in [1.82, 2.24) is 4.98 Å². The summed E-state index contributed by atoms with van der Waals surface area (Å²) >= 11 is 5.94.